The largest absolute Gasteiger partial charge is 0.477 e. The molecular formula is C17H13N3O4. The quantitative estimate of drug-likeness (QED) is 0.432. The summed E-state index contributed by atoms with van der Waals surface area (Å²) in [6.07, 6.45) is 0. The number of aromatic nitrogens is 1. The second-order valence-corrected chi connectivity index (χ2v) is 5.11. The number of carboxylic acids is 1. The maximum Gasteiger partial charge on any atom is 0.341 e. The summed E-state index contributed by atoms with van der Waals surface area (Å²) >= 11 is 0. The molecule has 0 amide bonds. The van der Waals surface area contributed by atoms with E-state index >= 15 is 0 Å². The fourth-order valence-electron chi connectivity index (χ4n) is 2.27. The van der Waals surface area contributed by atoms with Crippen LogP contribution in [0, 0.1) is 5.41 Å². The molecule has 24 heavy (non-hydrogen) atoms. The van der Waals surface area contributed by atoms with Crippen LogP contribution in [0.2, 0.25) is 0 Å². The van der Waals surface area contributed by atoms with Crippen LogP contribution in [-0.2, 0) is 0 Å². The summed E-state index contributed by atoms with van der Waals surface area (Å²) in [4.78, 5) is 25.2. The van der Waals surface area contributed by atoms with E-state index in [1.54, 1.807) is 42.5 Å². The van der Waals surface area contributed by atoms with Crippen LogP contribution < -0.4 is 16.0 Å². The highest BCUT2D eigenvalue weighted by Crippen LogP contribution is 2.25. The summed E-state index contributed by atoms with van der Waals surface area (Å²) in [5, 5.41) is 17.0. The van der Waals surface area contributed by atoms with Crippen LogP contribution in [0.25, 0.3) is 10.9 Å². The van der Waals surface area contributed by atoms with Gasteiger partial charge in [0.1, 0.15) is 22.9 Å². The normalized spacial score (nSPS) is 10.5. The Morgan fingerprint density at radius 3 is 2.58 bits per heavy atom. The van der Waals surface area contributed by atoms with Gasteiger partial charge >= 0.3 is 5.97 Å². The third-order valence-electron chi connectivity index (χ3n) is 3.43. The molecule has 7 heteroatoms. The number of aromatic carboxylic acids is 1. The number of nitrogens with two attached hydrogens (primary N) is 1. The Morgan fingerprint density at radius 1 is 1.12 bits per heavy atom. The topological polar surface area (TPSA) is 129 Å². The average molecular weight is 323 g/mol. The van der Waals surface area contributed by atoms with Crippen molar-refractivity contribution in [1.82, 2.24) is 4.98 Å². The van der Waals surface area contributed by atoms with E-state index in [4.69, 9.17) is 21.0 Å². The second-order valence-electron chi connectivity index (χ2n) is 5.11. The Bertz CT molecular complexity index is 1020. The minimum absolute atomic E-state index is 0.0670. The van der Waals surface area contributed by atoms with Gasteiger partial charge in [0, 0.05) is 16.5 Å². The summed E-state index contributed by atoms with van der Waals surface area (Å²) in [5.74, 6) is -0.405. The molecule has 7 nitrogen and oxygen atoms in total. The van der Waals surface area contributed by atoms with Crippen molar-refractivity contribution < 1.29 is 14.6 Å². The summed E-state index contributed by atoms with van der Waals surface area (Å²) in [6.45, 7) is 0. The Balaban J connectivity index is 2.00. The number of amidine groups is 1. The van der Waals surface area contributed by atoms with Crippen LogP contribution in [0.3, 0.4) is 0 Å². The number of hydrogen-bond acceptors (Lipinski definition) is 4. The van der Waals surface area contributed by atoms with Crippen molar-refractivity contribution in [3.05, 3.63) is 70.0 Å². The Kier molecular flexibility index (Phi) is 3.75. The lowest BCUT2D eigenvalue weighted by Crippen LogP contribution is -2.16. The third-order valence-corrected chi connectivity index (χ3v) is 3.43. The first kappa shape index (κ1) is 15.3. The molecule has 0 spiro atoms. The maximum absolute atomic E-state index is 11.7. The van der Waals surface area contributed by atoms with E-state index in [1.165, 1.54) is 6.07 Å². The number of hydrogen-bond donors (Lipinski definition) is 4. The van der Waals surface area contributed by atoms with Gasteiger partial charge in [0.25, 0.3) is 5.56 Å². The first-order valence-electron chi connectivity index (χ1n) is 6.97. The molecular weight excluding hydrogens is 310 g/mol. The van der Waals surface area contributed by atoms with Crippen molar-refractivity contribution in [3.8, 4) is 11.5 Å². The molecule has 0 aliphatic heterocycles. The highest BCUT2D eigenvalue weighted by molar-refractivity contribution is 5.95. The van der Waals surface area contributed by atoms with Gasteiger partial charge in [0.15, 0.2) is 0 Å². The molecule has 0 aliphatic rings. The first-order chi connectivity index (χ1) is 11.4. The van der Waals surface area contributed by atoms with Gasteiger partial charge in [-0.3, -0.25) is 10.2 Å². The SMILES string of the molecule is N=C(N)c1cccc(Oc2ccc3[nH]c(=O)c(C(=O)O)cc3c2)c1. The molecule has 3 rings (SSSR count). The first-order valence-corrected chi connectivity index (χ1v) is 6.97. The monoisotopic (exact) mass is 323 g/mol. The summed E-state index contributed by atoms with van der Waals surface area (Å²) < 4.78 is 5.72. The Morgan fingerprint density at radius 2 is 1.88 bits per heavy atom. The number of ether oxygens (including phenoxy) is 1. The van der Waals surface area contributed by atoms with Crippen LogP contribution >= 0.6 is 0 Å². The zero-order valence-electron chi connectivity index (χ0n) is 12.4. The molecule has 2 aromatic carbocycles. The highest BCUT2D eigenvalue weighted by Gasteiger charge is 2.10. The molecule has 1 heterocycles. The standard InChI is InChI=1S/C17H13N3O4/c18-15(19)9-2-1-3-11(6-9)24-12-4-5-14-10(7-12)8-13(17(22)23)16(21)20-14/h1-8H,(H3,18,19)(H,20,21)(H,22,23). The molecule has 5 N–H and O–H groups in total. The summed E-state index contributed by atoms with van der Waals surface area (Å²) in [6, 6.07) is 13.0. The molecule has 0 fully saturated rings. The van der Waals surface area contributed by atoms with Gasteiger partial charge in [-0.05, 0) is 36.4 Å². The van der Waals surface area contributed by atoms with Crippen LogP contribution in [0.4, 0.5) is 0 Å². The van der Waals surface area contributed by atoms with Crippen LogP contribution in [0.1, 0.15) is 15.9 Å². The van der Waals surface area contributed by atoms with Crippen LogP contribution in [-0.4, -0.2) is 21.9 Å². The number of carboxylic acid groups (broad SMARTS) is 1. The summed E-state index contributed by atoms with van der Waals surface area (Å²) in [7, 11) is 0. The highest BCUT2D eigenvalue weighted by atomic mass is 16.5. The van der Waals surface area contributed by atoms with E-state index in [1.807, 2.05) is 0 Å². The maximum atomic E-state index is 11.7. The Labute approximate surface area is 135 Å². The molecule has 0 radical (unpaired) electrons. The van der Waals surface area contributed by atoms with Crippen molar-refractivity contribution in [2.75, 3.05) is 0 Å². The Hall–Kier alpha value is -3.61. The zero-order valence-corrected chi connectivity index (χ0v) is 12.4. The molecule has 3 aromatic rings. The molecule has 1 aromatic heterocycles. The van der Waals surface area contributed by atoms with Gasteiger partial charge in [-0.15, -0.1) is 0 Å². The van der Waals surface area contributed by atoms with E-state index in [2.05, 4.69) is 4.98 Å². The number of pyridine rings is 1. The number of benzene rings is 2. The number of carbonyl (C=O) groups is 1. The molecule has 0 unspecified atom stereocenters. The van der Waals surface area contributed by atoms with Gasteiger partial charge in [-0.25, -0.2) is 4.79 Å². The third kappa shape index (κ3) is 2.95. The van der Waals surface area contributed by atoms with Crippen molar-refractivity contribution in [3.63, 3.8) is 0 Å². The van der Waals surface area contributed by atoms with E-state index in [-0.39, 0.29) is 11.4 Å². The van der Waals surface area contributed by atoms with Gasteiger partial charge in [-0.1, -0.05) is 12.1 Å². The average Bonchev–Trinajstić information content (AvgIpc) is 2.54. The summed E-state index contributed by atoms with van der Waals surface area (Å²) in [5.41, 5.74) is 5.50. The minimum atomic E-state index is -1.29. The molecule has 0 atom stereocenters. The lowest BCUT2D eigenvalue weighted by atomic mass is 10.1. The van der Waals surface area contributed by atoms with E-state index < -0.39 is 11.5 Å². The smallest absolute Gasteiger partial charge is 0.341 e. The number of aromatic amines is 1. The van der Waals surface area contributed by atoms with Crippen LogP contribution in [0.15, 0.2) is 53.3 Å². The lowest BCUT2D eigenvalue weighted by Gasteiger charge is -2.08. The van der Waals surface area contributed by atoms with E-state index in [0.717, 1.165) is 0 Å². The van der Waals surface area contributed by atoms with Gasteiger partial charge in [0.05, 0.1) is 0 Å². The zero-order chi connectivity index (χ0) is 17.3. The molecule has 0 saturated carbocycles. The molecule has 0 saturated heterocycles. The molecule has 120 valence electrons. The molecule has 0 aliphatic carbocycles. The van der Waals surface area contributed by atoms with E-state index in [9.17, 15) is 9.59 Å². The minimum Gasteiger partial charge on any atom is -0.477 e. The van der Waals surface area contributed by atoms with Crippen molar-refractivity contribution in [2.24, 2.45) is 5.73 Å². The number of H-pyrrole nitrogens is 1. The van der Waals surface area contributed by atoms with Crippen molar-refractivity contribution >= 4 is 22.7 Å². The second kappa shape index (κ2) is 5.88. The van der Waals surface area contributed by atoms with Crippen molar-refractivity contribution in [2.45, 2.75) is 0 Å². The predicted octanol–water partition coefficient (Wildman–Crippen LogP) is 2.30. The van der Waals surface area contributed by atoms with Gasteiger partial charge in [0.2, 0.25) is 0 Å². The lowest BCUT2D eigenvalue weighted by molar-refractivity contribution is 0.0695. The van der Waals surface area contributed by atoms with Gasteiger partial charge in [-0.2, -0.15) is 0 Å². The number of rotatable bonds is 4. The number of fused-ring (bicyclic) bond motifs is 1. The molecule has 0 bridgehead atoms. The number of nitrogens with one attached hydrogen (secondary N) is 2. The number of nitrogen functional groups attached to an aromatic ring is 1. The van der Waals surface area contributed by atoms with Crippen molar-refractivity contribution in [1.29, 1.82) is 5.41 Å². The predicted molar refractivity (Wildman–Crippen MR) is 89.1 cm³/mol. The van der Waals surface area contributed by atoms with Crippen LogP contribution in [0.5, 0.6) is 11.5 Å². The fraction of sp³-hybridized carbons (Fsp3) is 0. The fourth-order valence-corrected chi connectivity index (χ4v) is 2.27. The van der Waals surface area contributed by atoms with E-state index in [0.29, 0.717) is 28.0 Å². The van der Waals surface area contributed by atoms with Gasteiger partial charge < -0.3 is 20.6 Å².